The normalized spacial score (nSPS) is 11.0. The van der Waals surface area contributed by atoms with E-state index >= 15 is 0 Å². The minimum absolute atomic E-state index is 0.0849. The molecule has 0 spiro atoms. The summed E-state index contributed by atoms with van der Waals surface area (Å²) < 4.78 is 1.73. The van der Waals surface area contributed by atoms with E-state index in [0.29, 0.717) is 22.5 Å². The first-order valence-electron chi connectivity index (χ1n) is 8.85. The van der Waals surface area contributed by atoms with Crippen LogP contribution >= 0.6 is 0 Å². The monoisotopic (exact) mass is 373 g/mol. The molecular weight excluding hydrogens is 354 g/mol. The van der Waals surface area contributed by atoms with Gasteiger partial charge in [-0.2, -0.15) is 5.10 Å². The van der Waals surface area contributed by atoms with Crippen molar-refractivity contribution in [2.24, 2.45) is 0 Å². The maximum absolute atomic E-state index is 12.5. The number of aromatic amines is 1. The van der Waals surface area contributed by atoms with E-state index in [2.05, 4.69) is 20.4 Å². The zero-order chi connectivity index (χ0) is 19.8. The van der Waals surface area contributed by atoms with Crippen molar-refractivity contribution in [3.63, 3.8) is 0 Å². The molecule has 1 aromatic carbocycles. The number of hydrogen-bond donors (Lipinski definition) is 2. The molecule has 0 aliphatic rings. The Kier molecular flexibility index (Phi) is 4.27. The summed E-state index contributed by atoms with van der Waals surface area (Å²) in [7, 11) is 0. The topological polar surface area (TPSA) is 92.7 Å². The second-order valence-electron chi connectivity index (χ2n) is 6.78. The molecule has 28 heavy (non-hydrogen) atoms. The second kappa shape index (κ2) is 6.77. The summed E-state index contributed by atoms with van der Waals surface area (Å²) in [6.45, 7) is 5.70. The second-order valence-corrected chi connectivity index (χ2v) is 6.78. The van der Waals surface area contributed by atoms with Gasteiger partial charge in [-0.3, -0.25) is 9.59 Å². The van der Waals surface area contributed by atoms with E-state index in [9.17, 15) is 9.59 Å². The first-order chi connectivity index (χ1) is 13.4. The first-order valence-corrected chi connectivity index (χ1v) is 8.85. The standard InChI is InChI=1S/C21H19N5O2/c1-12-9-19(27)17-10-16(5-6-18(17)23-12)24-21(28)15-4-7-20(22-11-15)26-14(3)8-13(2)25-26/h4-11H,1-3H3,(H,23,27)(H,24,28). The van der Waals surface area contributed by atoms with E-state index in [0.717, 1.165) is 22.6 Å². The number of aromatic nitrogens is 4. The molecule has 3 aromatic heterocycles. The van der Waals surface area contributed by atoms with E-state index in [1.807, 2.05) is 26.8 Å². The smallest absolute Gasteiger partial charge is 0.257 e. The van der Waals surface area contributed by atoms with E-state index < -0.39 is 0 Å². The SMILES string of the molecule is Cc1cc(C)n(-c2ccc(C(=O)Nc3ccc4[nH]c(C)cc(=O)c4c3)cn2)n1. The highest BCUT2D eigenvalue weighted by Gasteiger charge is 2.10. The quantitative estimate of drug-likeness (QED) is 0.576. The fraction of sp³-hybridized carbons (Fsp3) is 0.143. The molecule has 1 amide bonds. The third-order valence-electron chi connectivity index (χ3n) is 4.46. The maximum atomic E-state index is 12.5. The number of aryl methyl sites for hydroxylation is 3. The minimum Gasteiger partial charge on any atom is -0.358 e. The molecule has 0 atom stereocenters. The number of fused-ring (bicyclic) bond motifs is 1. The van der Waals surface area contributed by atoms with Crippen molar-refractivity contribution >= 4 is 22.5 Å². The summed E-state index contributed by atoms with van der Waals surface area (Å²) in [6.07, 6.45) is 1.51. The molecule has 0 fully saturated rings. The lowest BCUT2D eigenvalue weighted by Crippen LogP contribution is -2.13. The van der Waals surface area contributed by atoms with Gasteiger partial charge in [0.1, 0.15) is 0 Å². The molecule has 0 saturated heterocycles. The van der Waals surface area contributed by atoms with Crippen molar-refractivity contribution in [2.75, 3.05) is 5.32 Å². The van der Waals surface area contributed by atoms with Crippen LogP contribution in [0.5, 0.6) is 0 Å². The number of nitrogens with zero attached hydrogens (tertiary/aromatic N) is 3. The van der Waals surface area contributed by atoms with Crippen molar-refractivity contribution < 1.29 is 4.79 Å². The lowest BCUT2D eigenvalue weighted by Gasteiger charge is -2.08. The molecule has 4 rings (SSSR count). The summed E-state index contributed by atoms with van der Waals surface area (Å²) in [6, 6.07) is 12.2. The molecule has 0 aliphatic heterocycles. The summed E-state index contributed by atoms with van der Waals surface area (Å²) in [5, 5.41) is 7.73. The Morgan fingerprint density at radius 2 is 1.89 bits per heavy atom. The van der Waals surface area contributed by atoms with Crippen LogP contribution in [0.2, 0.25) is 0 Å². The van der Waals surface area contributed by atoms with Gasteiger partial charge in [0.2, 0.25) is 0 Å². The van der Waals surface area contributed by atoms with Gasteiger partial charge in [0, 0.05) is 40.2 Å². The zero-order valence-electron chi connectivity index (χ0n) is 15.8. The molecule has 0 aliphatic carbocycles. The molecule has 0 saturated carbocycles. The molecule has 0 unspecified atom stereocenters. The van der Waals surface area contributed by atoms with Crippen LogP contribution in [-0.2, 0) is 0 Å². The Morgan fingerprint density at radius 1 is 1.07 bits per heavy atom. The number of benzene rings is 1. The third-order valence-corrected chi connectivity index (χ3v) is 4.46. The number of H-pyrrole nitrogens is 1. The molecule has 7 nitrogen and oxygen atoms in total. The van der Waals surface area contributed by atoms with Crippen LogP contribution in [-0.4, -0.2) is 25.7 Å². The number of carbonyl (C=O) groups excluding carboxylic acids is 1. The van der Waals surface area contributed by atoms with Crippen LogP contribution in [0.4, 0.5) is 5.69 Å². The third kappa shape index (κ3) is 3.29. The Balaban J connectivity index is 1.57. The fourth-order valence-corrected chi connectivity index (χ4v) is 3.17. The largest absolute Gasteiger partial charge is 0.358 e. The minimum atomic E-state index is -0.296. The first kappa shape index (κ1) is 17.7. The predicted octanol–water partition coefficient (Wildman–Crippen LogP) is 3.29. The lowest BCUT2D eigenvalue weighted by atomic mass is 10.1. The predicted molar refractivity (Wildman–Crippen MR) is 108 cm³/mol. The zero-order valence-corrected chi connectivity index (χ0v) is 15.8. The highest BCUT2D eigenvalue weighted by atomic mass is 16.1. The van der Waals surface area contributed by atoms with Crippen LogP contribution in [0.3, 0.4) is 0 Å². The van der Waals surface area contributed by atoms with E-state index in [-0.39, 0.29) is 11.3 Å². The molecule has 2 N–H and O–H groups in total. The van der Waals surface area contributed by atoms with Crippen LogP contribution in [0.1, 0.15) is 27.4 Å². The fourth-order valence-electron chi connectivity index (χ4n) is 3.17. The van der Waals surface area contributed by atoms with Crippen LogP contribution < -0.4 is 10.7 Å². The van der Waals surface area contributed by atoms with Gasteiger partial charge in [-0.25, -0.2) is 9.67 Å². The number of hydrogen-bond acceptors (Lipinski definition) is 4. The average Bonchev–Trinajstić information content (AvgIpc) is 3.00. The van der Waals surface area contributed by atoms with Crippen molar-refractivity contribution in [1.29, 1.82) is 0 Å². The molecule has 3 heterocycles. The summed E-state index contributed by atoms with van der Waals surface area (Å²) in [5.74, 6) is 0.352. The molecule has 0 radical (unpaired) electrons. The van der Waals surface area contributed by atoms with Crippen LogP contribution in [0.15, 0.2) is 53.5 Å². The van der Waals surface area contributed by atoms with Gasteiger partial charge in [0.15, 0.2) is 11.2 Å². The summed E-state index contributed by atoms with van der Waals surface area (Å²) in [4.78, 5) is 32.2. The van der Waals surface area contributed by atoms with Crippen LogP contribution in [0.25, 0.3) is 16.7 Å². The summed E-state index contributed by atoms with van der Waals surface area (Å²) >= 11 is 0. The molecule has 4 aromatic rings. The van der Waals surface area contributed by atoms with Crippen LogP contribution in [0, 0.1) is 20.8 Å². The number of anilines is 1. The van der Waals surface area contributed by atoms with Crippen molar-refractivity contribution in [1.82, 2.24) is 19.7 Å². The molecular formula is C21H19N5O2. The lowest BCUT2D eigenvalue weighted by molar-refractivity contribution is 0.102. The van der Waals surface area contributed by atoms with E-state index in [1.54, 1.807) is 35.0 Å². The number of rotatable bonds is 3. The highest BCUT2D eigenvalue weighted by molar-refractivity contribution is 6.04. The van der Waals surface area contributed by atoms with E-state index in [4.69, 9.17) is 0 Å². The average molecular weight is 373 g/mol. The number of carbonyl (C=O) groups is 1. The Morgan fingerprint density at radius 3 is 2.57 bits per heavy atom. The van der Waals surface area contributed by atoms with Gasteiger partial charge in [0.05, 0.1) is 11.3 Å². The summed E-state index contributed by atoms with van der Waals surface area (Å²) in [5.41, 5.74) is 4.29. The number of pyridine rings is 2. The van der Waals surface area contributed by atoms with Gasteiger partial charge >= 0.3 is 0 Å². The van der Waals surface area contributed by atoms with Gasteiger partial charge in [-0.05, 0) is 57.2 Å². The Labute approximate surface area is 161 Å². The number of nitrogens with one attached hydrogen (secondary N) is 2. The van der Waals surface area contributed by atoms with Crippen molar-refractivity contribution in [3.8, 4) is 5.82 Å². The van der Waals surface area contributed by atoms with Crippen molar-refractivity contribution in [2.45, 2.75) is 20.8 Å². The highest BCUT2D eigenvalue weighted by Crippen LogP contribution is 2.17. The van der Waals surface area contributed by atoms with E-state index in [1.165, 1.54) is 12.3 Å². The Bertz CT molecular complexity index is 1250. The van der Waals surface area contributed by atoms with Crippen molar-refractivity contribution in [3.05, 3.63) is 81.5 Å². The number of amides is 1. The molecule has 140 valence electrons. The molecule has 7 heteroatoms. The molecule has 0 bridgehead atoms. The Hall–Kier alpha value is -3.74. The van der Waals surface area contributed by atoms with Gasteiger partial charge < -0.3 is 10.3 Å². The van der Waals surface area contributed by atoms with Gasteiger partial charge in [0.25, 0.3) is 5.91 Å². The maximum Gasteiger partial charge on any atom is 0.257 e. The van der Waals surface area contributed by atoms with Gasteiger partial charge in [-0.15, -0.1) is 0 Å². The van der Waals surface area contributed by atoms with Gasteiger partial charge in [-0.1, -0.05) is 0 Å².